The number of ether oxygens (including phenoxy) is 1. The van der Waals surface area contributed by atoms with Crippen LogP contribution in [0.3, 0.4) is 0 Å². The third-order valence-corrected chi connectivity index (χ3v) is 3.18. The smallest absolute Gasteiger partial charge is 0.309 e. The van der Waals surface area contributed by atoms with Crippen LogP contribution in [-0.4, -0.2) is 12.1 Å². The van der Waals surface area contributed by atoms with Gasteiger partial charge in [-0.05, 0) is 19.3 Å². The molecule has 0 N–H and O–H groups in total. The normalized spacial score (nSPS) is 25.6. The van der Waals surface area contributed by atoms with Gasteiger partial charge in [-0.3, -0.25) is 4.79 Å². The minimum Gasteiger partial charge on any atom is -0.462 e. The van der Waals surface area contributed by atoms with Crippen molar-refractivity contribution in [1.29, 1.82) is 0 Å². The molecule has 0 aromatic carbocycles. The molecule has 1 aliphatic heterocycles. The van der Waals surface area contributed by atoms with Crippen LogP contribution < -0.4 is 0 Å². The molecule has 0 aromatic rings. The van der Waals surface area contributed by atoms with Crippen molar-refractivity contribution >= 4 is 5.97 Å². The Bertz CT molecular complexity index is 189. The van der Waals surface area contributed by atoms with Crippen LogP contribution in [0.4, 0.5) is 0 Å². The third-order valence-electron chi connectivity index (χ3n) is 3.18. The van der Waals surface area contributed by atoms with Crippen LogP contribution in [0, 0.1) is 5.92 Å². The molecule has 0 bridgehead atoms. The van der Waals surface area contributed by atoms with Crippen LogP contribution in [0.2, 0.25) is 0 Å². The Balaban J connectivity index is 1.95. The molecule has 1 aliphatic rings. The fraction of sp³-hybridized carbons (Fsp3) is 0.923. The SMILES string of the molecule is CCCCCCCCC1CC(C)C(=O)O1. The lowest BCUT2D eigenvalue weighted by atomic mass is 10.0. The third kappa shape index (κ3) is 4.67. The molecule has 0 amide bonds. The van der Waals surface area contributed by atoms with Gasteiger partial charge < -0.3 is 4.74 Å². The minimum atomic E-state index is 0.00554. The lowest BCUT2D eigenvalue weighted by Gasteiger charge is -2.08. The molecular formula is C13H24O2. The Kier molecular flexibility index (Phi) is 5.74. The van der Waals surface area contributed by atoms with E-state index in [4.69, 9.17) is 4.74 Å². The fourth-order valence-electron chi connectivity index (χ4n) is 2.15. The highest BCUT2D eigenvalue weighted by Crippen LogP contribution is 2.24. The summed E-state index contributed by atoms with van der Waals surface area (Å²) in [4.78, 5) is 11.1. The summed E-state index contributed by atoms with van der Waals surface area (Å²) in [6, 6.07) is 0. The second-order valence-corrected chi connectivity index (χ2v) is 4.75. The molecule has 15 heavy (non-hydrogen) atoms. The summed E-state index contributed by atoms with van der Waals surface area (Å²) in [5.41, 5.74) is 0. The number of hydrogen-bond acceptors (Lipinski definition) is 2. The molecule has 0 radical (unpaired) electrons. The van der Waals surface area contributed by atoms with Gasteiger partial charge in [-0.2, -0.15) is 0 Å². The van der Waals surface area contributed by atoms with Crippen LogP contribution >= 0.6 is 0 Å². The topological polar surface area (TPSA) is 26.3 Å². The summed E-state index contributed by atoms with van der Waals surface area (Å²) in [5, 5.41) is 0. The molecule has 1 saturated heterocycles. The molecule has 2 unspecified atom stereocenters. The Labute approximate surface area is 93.4 Å². The molecule has 0 aromatic heterocycles. The van der Waals surface area contributed by atoms with Gasteiger partial charge in [0, 0.05) is 0 Å². The molecule has 0 aliphatic carbocycles. The van der Waals surface area contributed by atoms with Crippen molar-refractivity contribution in [3.8, 4) is 0 Å². The zero-order chi connectivity index (χ0) is 11.1. The number of cyclic esters (lactones) is 1. The molecule has 1 heterocycles. The van der Waals surface area contributed by atoms with E-state index in [2.05, 4.69) is 6.92 Å². The van der Waals surface area contributed by atoms with Gasteiger partial charge in [-0.1, -0.05) is 46.0 Å². The summed E-state index contributed by atoms with van der Waals surface area (Å²) in [6.45, 7) is 4.20. The lowest BCUT2D eigenvalue weighted by Crippen LogP contribution is -2.06. The highest BCUT2D eigenvalue weighted by Gasteiger charge is 2.29. The Morgan fingerprint density at radius 3 is 2.47 bits per heavy atom. The number of unbranched alkanes of at least 4 members (excludes halogenated alkanes) is 5. The minimum absolute atomic E-state index is 0.00554. The van der Waals surface area contributed by atoms with Crippen LogP contribution in [0.5, 0.6) is 0 Å². The van der Waals surface area contributed by atoms with Crippen molar-refractivity contribution < 1.29 is 9.53 Å². The highest BCUT2D eigenvalue weighted by atomic mass is 16.5. The van der Waals surface area contributed by atoms with Gasteiger partial charge in [0.15, 0.2) is 0 Å². The maximum atomic E-state index is 11.1. The molecule has 88 valence electrons. The number of carbonyl (C=O) groups is 1. The zero-order valence-electron chi connectivity index (χ0n) is 10.1. The maximum Gasteiger partial charge on any atom is 0.309 e. The summed E-state index contributed by atoms with van der Waals surface area (Å²) in [6.07, 6.45) is 10.1. The van der Waals surface area contributed by atoms with Gasteiger partial charge in [0.2, 0.25) is 0 Å². The van der Waals surface area contributed by atoms with E-state index in [1.54, 1.807) is 0 Å². The van der Waals surface area contributed by atoms with Crippen LogP contribution in [0.1, 0.15) is 65.2 Å². The Morgan fingerprint density at radius 2 is 1.87 bits per heavy atom. The van der Waals surface area contributed by atoms with Crippen molar-refractivity contribution in [2.75, 3.05) is 0 Å². The first-order valence-corrected chi connectivity index (χ1v) is 6.44. The number of carbonyl (C=O) groups excluding carboxylic acids is 1. The van der Waals surface area contributed by atoms with Gasteiger partial charge in [0.25, 0.3) is 0 Å². The van der Waals surface area contributed by atoms with Gasteiger partial charge in [-0.15, -0.1) is 0 Å². The van der Waals surface area contributed by atoms with Gasteiger partial charge in [0.05, 0.1) is 5.92 Å². The van der Waals surface area contributed by atoms with Gasteiger partial charge in [0.1, 0.15) is 6.10 Å². The van der Waals surface area contributed by atoms with E-state index in [9.17, 15) is 4.79 Å². The molecule has 2 nitrogen and oxygen atoms in total. The van der Waals surface area contributed by atoms with Crippen molar-refractivity contribution in [3.63, 3.8) is 0 Å². The van der Waals surface area contributed by atoms with Crippen LogP contribution in [0.15, 0.2) is 0 Å². The zero-order valence-corrected chi connectivity index (χ0v) is 10.1. The maximum absolute atomic E-state index is 11.1. The van der Waals surface area contributed by atoms with Crippen molar-refractivity contribution in [2.45, 2.75) is 71.3 Å². The van der Waals surface area contributed by atoms with Crippen molar-refractivity contribution in [1.82, 2.24) is 0 Å². The molecule has 0 spiro atoms. The van der Waals surface area contributed by atoms with Crippen molar-refractivity contribution in [2.24, 2.45) is 5.92 Å². The quantitative estimate of drug-likeness (QED) is 0.475. The van der Waals surface area contributed by atoms with E-state index in [0.29, 0.717) is 0 Å². The van der Waals surface area contributed by atoms with Crippen molar-refractivity contribution in [3.05, 3.63) is 0 Å². The molecule has 2 atom stereocenters. The Morgan fingerprint density at radius 1 is 1.20 bits per heavy atom. The van der Waals surface area contributed by atoms with E-state index < -0.39 is 0 Å². The van der Waals surface area contributed by atoms with Gasteiger partial charge >= 0.3 is 5.97 Å². The highest BCUT2D eigenvalue weighted by molar-refractivity contribution is 5.74. The predicted molar refractivity (Wildman–Crippen MR) is 61.7 cm³/mol. The lowest BCUT2D eigenvalue weighted by molar-refractivity contribution is -0.144. The predicted octanol–water partition coefficient (Wildman–Crippen LogP) is 3.69. The summed E-state index contributed by atoms with van der Waals surface area (Å²) >= 11 is 0. The molecule has 1 fully saturated rings. The van der Waals surface area contributed by atoms with Crippen LogP contribution in [-0.2, 0) is 9.53 Å². The Hall–Kier alpha value is -0.530. The second-order valence-electron chi connectivity index (χ2n) is 4.75. The summed E-state index contributed by atoms with van der Waals surface area (Å²) in [7, 11) is 0. The molecule has 1 rings (SSSR count). The first kappa shape index (κ1) is 12.5. The monoisotopic (exact) mass is 212 g/mol. The molecule has 2 heteroatoms. The fourth-order valence-corrected chi connectivity index (χ4v) is 2.15. The van der Waals surface area contributed by atoms with E-state index >= 15 is 0 Å². The largest absolute Gasteiger partial charge is 0.462 e. The van der Waals surface area contributed by atoms with Crippen LogP contribution in [0.25, 0.3) is 0 Å². The first-order valence-electron chi connectivity index (χ1n) is 6.44. The molecular weight excluding hydrogens is 188 g/mol. The summed E-state index contributed by atoms with van der Waals surface area (Å²) in [5.74, 6) is 0.140. The van der Waals surface area contributed by atoms with Gasteiger partial charge in [-0.25, -0.2) is 0 Å². The number of esters is 1. The first-order chi connectivity index (χ1) is 7.24. The van der Waals surface area contributed by atoms with E-state index in [-0.39, 0.29) is 18.0 Å². The average molecular weight is 212 g/mol. The van der Waals surface area contributed by atoms with E-state index in [1.165, 1.54) is 38.5 Å². The second kappa shape index (κ2) is 6.86. The average Bonchev–Trinajstić information content (AvgIpc) is 2.52. The standard InChI is InChI=1S/C13H24O2/c1-3-4-5-6-7-8-9-12-10-11(2)13(14)15-12/h11-12H,3-10H2,1-2H3. The summed E-state index contributed by atoms with van der Waals surface area (Å²) < 4.78 is 5.26. The van der Waals surface area contributed by atoms with E-state index in [0.717, 1.165) is 12.8 Å². The van der Waals surface area contributed by atoms with E-state index in [1.807, 2.05) is 6.92 Å². The number of hydrogen-bond donors (Lipinski definition) is 0. The molecule has 0 saturated carbocycles. The number of rotatable bonds is 7.